The topological polar surface area (TPSA) is 69.6 Å². The van der Waals surface area contributed by atoms with Crippen LogP contribution in [0.15, 0.2) is 77.7 Å². The number of carbonyl (C=O) groups excluding carboxylic acids is 2. The zero-order valence-electron chi connectivity index (χ0n) is 20.2. The van der Waals surface area contributed by atoms with Crippen molar-refractivity contribution in [2.45, 2.75) is 42.5 Å². The zero-order chi connectivity index (χ0) is 24.2. The van der Waals surface area contributed by atoms with Crippen molar-refractivity contribution in [2.24, 2.45) is 0 Å². The third kappa shape index (κ3) is 6.33. The van der Waals surface area contributed by atoms with Crippen LogP contribution in [0.2, 0.25) is 0 Å². The van der Waals surface area contributed by atoms with Crippen LogP contribution < -0.4 is 5.32 Å². The van der Waals surface area contributed by atoms with Gasteiger partial charge >= 0.3 is 0 Å². The molecule has 0 spiro atoms. The minimum atomic E-state index is -0.190. The fraction of sp³-hybridized carbons (Fsp3) is 0.310. The van der Waals surface area contributed by atoms with Crippen molar-refractivity contribution in [1.82, 2.24) is 10.2 Å². The van der Waals surface area contributed by atoms with E-state index in [9.17, 15) is 14.7 Å². The molecule has 7 heteroatoms. The van der Waals surface area contributed by atoms with Gasteiger partial charge in [0.25, 0.3) is 0 Å². The molecular weight excluding hydrogens is 488 g/mol. The van der Waals surface area contributed by atoms with E-state index >= 15 is 0 Å². The van der Waals surface area contributed by atoms with E-state index in [1.165, 1.54) is 24.6 Å². The Kier molecular flexibility index (Phi) is 8.77. The number of nitrogens with zero attached hydrogens (tertiary/aromatic N) is 1. The number of benzene rings is 3. The molecule has 2 aliphatic heterocycles. The molecule has 2 aliphatic rings. The van der Waals surface area contributed by atoms with Gasteiger partial charge in [-0.3, -0.25) is 9.59 Å². The molecule has 2 heterocycles. The average Bonchev–Trinajstić information content (AvgIpc) is 3.47. The molecule has 1 unspecified atom stereocenters. The summed E-state index contributed by atoms with van der Waals surface area (Å²) in [6.45, 7) is 2.79. The molecule has 2 N–H and O–H groups in total. The lowest BCUT2D eigenvalue weighted by atomic mass is 9.91. The Bertz CT molecular complexity index is 1210. The second-order valence-electron chi connectivity index (χ2n) is 9.44. The summed E-state index contributed by atoms with van der Waals surface area (Å²) in [5.74, 6) is -0.0434. The Balaban J connectivity index is 0.00000304. The maximum absolute atomic E-state index is 13.1. The monoisotopic (exact) mass is 520 g/mol. The maximum atomic E-state index is 13.1. The summed E-state index contributed by atoms with van der Waals surface area (Å²) in [6, 6.07) is 23.0. The number of nitrogens with one attached hydrogen (secondary N) is 1. The van der Waals surface area contributed by atoms with Crippen LogP contribution in [-0.4, -0.2) is 40.7 Å². The maximum Gasteiger partial charge on any atom is 0.224 e. The molecule has 0 bridgehead atoms. The molecule has 0 saturated carbocycles. The molecule has 0 radical (unpaired) electrons. The molecular formula is C29H32N2O3S2. The van der Waals surface area contributed by atoms with E-state index in [2.05, 4.69) is 22.3 Å². The molecule has 1 fully saturated rings. The third-order valence-electron chi connectivity index (χ3n) is 6.84. The van der Waals surface area contributed by atoms with Crippen LogP contribution in [0.25, 0.3) is 0 Å². The van der Waals surface area contributed by atoms with Gasteiger partial charge in [-0.25, -0.2) is 0 Å². The second-order valence-corrected chi connectivity index (χ2v) is 10.5. The van der Waals surface area contributed by atoms with Crippen LogP contribution in [0.4, 0.5) is 0 Å². The van der Waals surface area contributed by atoms with Crippen LogP contribution in [0.1, 0.15) is 47.1 Å². The fourth-order valence-electron chi connectivity index (χ4n) is 5.05. The predicted molar refractivity (Wildman–Crippen MR) is 149 cm³/mol. The molecule has 5 nitrogen and oxygen atoms in total. The first-order valence-electron chi connectivity index (χ1n) is 12.2. The molecule has 5 rings (SSSR count). The van der Waals surface area contributed by atoms with E-state index in [1.807, 2.05) is 48.5 Å². The number of amides is 1. The highest BCUT2D eigenvalue weighted by Gasteiger charge is 2.32. The Morgan fingerprint density at radius 2 is 1.78 bits per heavy atom. The number of rotatable bonds is 8. The number of fused-ring (bicyclic) bond motifs is 1. The molecule has 1 saturated heterocycles. The van der Waals surface area contributed by atoms with Gasteiger partial charge in [0.05, 0.1) is 18.4 Å². The summed E-state index contributed by atoms with van der Waals surface area (Å²) in [5.41, 5.74) is 3.98. The van der Waals surface area contributed by atoms with E-state index < -0.39 is 0 Å². The number of phenols is 1. The Hall–Kier alpha value is -2.74. The van der Waals surface area contributed by atoms with E-state index in [0.717, 1.165) is 46.8 Å². The van der Waals surface area contributed by atoms with Gasteiger partial charge < -0.3 is 15.3 Å². The van der Waals surface area contributed by atoms with Gasteiger partial charge in [-0.2, -0.15) is 13.5 Å². The average molecular weight is 521 g/mol. The normalized spacial score (nSPS) is 17.9. The van der Waals surface area contributed by atoms with Crippen molar-refractivity contribution in [3.63, 3.8) is 0 Å². The van der Waals surface area contributed by atoms with Crippen LogP contribution in [-0.2, 0) is 22.4 Å². The number of phenolic OH excluding ortho intramolecular Hbond substituents is 1. The van der Waals surface area contributed by atoms with Crippen LogP contribution >= 0.6 is 25.3 Å². The van der Waals surface area contributed by atoms with Crippen molar-refractivity contribution in [1.29, 1.82) is 0 Å². The second kappa shape index (κ2) is 12.0. The molecule has 2 atom stereocenters. The number of hydrogen-bond donors (Lipinski definition) is 2. The smallest absolute Gasteiger partial charge is 0.224 e. The predicted octanol–water partition coefficient (Wildman–Crippen LogP) is 4.96. The van der Waals surface area contributed by atoms with E-state index in [0.29, 0.717) is 6.42 Å². The first-order valence-corrected chi connectivity index (χ1v) is 13.1. The molecule has 0 aromatic heterocycles. The third-order valence-corrected chi connectivity index (χ3v) is 7.92. The van der Waals surface area contributed by atoms with Crippen LogP contribution in [0.3, 0.4) is 0 Å². The summed E-state index contributed by atoms with van der Waals surface area (Å²) in [5, 5.41) is 13.3. The lowest BCUT2D eigenvalue weighted by Crippen LogP contribution is -2.37. The minimum Gasteiger partial charge on any atom is -0.508 e. The number of likely N-dealkylation sites (tertiary alicyclic amines) is 1. The van der Waals surface area contributed by atoms with Gasteiger partial charge in [0.1, 0.15) is 5.75 Å². The van der Waals surface area contributed by atoms with Gasteiger partial charge in [-0.1, -0.05) is 66.4 Å². The van der Waals surface area contributed by atoms with E-state index in [4.69, 9.17) is 0 Å². The number of thioether (sulfide) groups is 1. The number of carbonyl (C=O) groups is 2. The Morgan fingerprint density at radius 1 is 1.00 bits per heavy atom. The van der Waals surface area contributed by atoms with Gasteiger partial charge in [-0.15, -0.1) is 0 Å². The lowest BCUT2D eigenvalue weighted by molar-refractivity contribution is -0.121. The van der Waals surface area contributed by atoms with E-state index in [-0.39, 0.29) is 48.6 Å². The Morgan fingerprint density at radius 3 is 2.53 bits per heavy atom. The van der Waals surface area contributed by atoms with E-state index in [1.54, 1.807) is 12.1 Å². The van der Waals surface area contributed by atoms with Crippen molar-refractivity contribution in [2.75, 3.05) is 19.6 Å². The molecule has 188 valence electrons. The number of aromatic hydroxyl groups is 1. The fourth-order valence-corrected chi connectivity index (χ4v) is 6.08. The molecule has 1 amide bonds. The minimum absolute atomic E-state index is 0. The number of hydrogen-bond acceptors (Lipinski definition) is 5. The quantitative estimate of drug-likeness (QED) is 0.439. The zero-order valence-corrected chi connectivity index (χ0v) is 22.0. The molecule has 36 heavy (non-hydrogen) atoms. The van der Waals surface area contributed by atoms with Gasteiger partial charge in [0.2, 0.25) is 11.0 Å². The highest BCUT2D eigenvalue weighted by molar-refractivity contribution is 8.14. The van der Waals surface area contributed by atoms with Crippen LogP contribution in [0, 0.1) is 0 Å². The van der Waals surface area contributed by atoms with Crippen molar-refractivity contribution in [3.8, 4) is 5.75 Å². The molecule has 3 aromatic rings. The van der Waals surface area contributed by atoms with Gasteiger partial charge in [-0.05, 0) is 72.8 Å². The summed E-state index contributed by atoms with van der Waals surface area (Å²) >= 11 is 1.30. The first kappa shape index (κ1) is 26.3. The highest BCUT2D eigenvalue weighted by Crippen LogP contribution is 2.43. The van der Waals surface area contributed by atoms with Gasteiger partial charge in [0.15, 0.2) is 0 Å². The lowest BCUT2D eigenvalue weighted by Gasteiger charge is -2.25. The summed E-state index contributed by atoms with van der Waals surface area (Å²) in [7, 11) is 0. The highest BCUT2D eigenvalue weighted by atomic mass is 32.2. The van der Waals surface area contributed by atoms with Crippen molar-refractivity contribution in [3.05, 3.63) is 95.1 Å². The van der Waals surface area contributed by atoms with Crippen molar-refractivity contribution >= 4 is 36.3 Å². The Labute approximate surface area is 223 Å². The molecule has 0 aliphatic carbocycles. The summed E-state index contributed by atoms with van der Waals surface area (Å²) in [6.07, 6.45) is 3.28. The molecule has 3 aromatic carbocycles. The van der Waals surface area contributed by atoms with Crippen LogP contribution in [0.5, 0.6) is 5.75 Å². The van der Waals surface area contributed by atoms with Crippen molar-refractivity contribution < 1.29 is 14.7 Å². The first-order chi connectivity index (χ1) is 17.0. The SMILES string of the molecule is O=C(Cc1ccc2c(c1)C(Cc1ccccc1)C(=O)S2)N[C@H](CN1CCCC1)c1cccc(O)c1.S. The summed E-state index contributed by atoms with van der Waals surface area (Å²) in [4.78, 5) is 29.2. The summed E-state index contributed by atoms with van der Waals surface area (Å²) < 4.78 is 0. The largest absolute Gasteiger partial charge is 0.508 e. The van der Waals surface area contributed by atoms with Gasteiger partial charge in [0, 0.05) is 11.4 Å². The standard InChI is InChI=1S/C29H30N2O3S.H2S/c32-23-10-6-9-22(18-23)26(19-31-13-4-5-14-31)30-28(33)17-21-11-12-27-24(16-21)25(29(34)35-27)15-20-7-2-1-3-8-20;/h1-3,6-12,16,18,25-26,32H,4-5,13-15,17,19H2,(H,30,33);1H2/t25?,26-;/m1./s1.